The van der Waals surface area contributed by atoms with Gasteiger partial charge in [0.25, 0.3) is 0 Å². The summed E-state index contributed by atoms with van der Waals surface area (Å²) in [6, 6.07) is 6.35. The van der Waals surface area contributed by atoms with Crippen LogP contribution in [0.5, 0.6) is 5.75 Å². The molecule has 0 aliphatic rings. The van der Waals surface area contributed by atoms with Crippen molar-refractivity contribution in [2.24, 2.45) is 4.99 Å². The van der Waals surface area contributed by atoms with Crippen molar-refractivity contribution in [1.82, 2.24) is 20.4 Å². The number of benzene rings is 1. The summed E-state index contributed by atoms with van der Waals surface area (Å²) in [4.78, 5) is 4.64. The average molecular weight is 485 g/mol. The SMILES string of the molecule is CCNC(=NCCCn1cc(C)cn1)NCCc1ccc(C)c(OC)c1.I. The normalized spacial score (nSPS) is 11.0. The van der Waals surface area contributed by atoms with Gasteiger partial charge in [-0.3, -0.25) is 9.67 Å². The Labute approximate surface area is 179 Å². The third kappa shape index (κ3) is 8.19. The van der Waals surface area contributed by atoms with Crippen molar-refractivity contribution in [3.63, 3.8) is 0 Å². The molecule has 0 spiro atoms. The van der Waals surface area contributed by atoms with Crippen LogP contribution in [0.25, 0.3) is 0 Å². The second-order valence-corrected chi connectivity index (χ2v) is 6.38. The van der Waals surface area contributed by atoms with E-state index in [2.05, 4.69) is 65.9 Å². The molecule has 0 radical (unpaired) electrons. The van der Waals surface area contributed by atoms with Crippen LogP contribution >= 0.6 is 24.0 Å². The number of aromatic nitrogens is 2. The molecule has 0 atom stereocenters. The highest BCUT2D eigenvalue weighted by atomic mass is 127. The van der Waals surface area contributed by atoms with E-state index in [0.717, 1.165) is 56.3 Å². The van der Waals surface area contributed by atoms with Crippen molar-refractivity contribution in [1.29, 1.82) is 0 Å². The van der Waals surface area contributed by atoms with Gasteiger partial charge in [-0.1, -0.05) is 12.1 Å². The zero-order valence-corrected chi connectivity index (χ0v) is 19.1. The summed E-state index contributed by atoms with van der Waals surface area (Å²) in [5.41, 5.74) is 3.60. The molecule has 0 saturated heterocycles. The number of halogens is 1. The van der Waals surface area contributed by atoms with Gasteiger partial charge in [0.2, 0.25) is 0 Å². The minimum Gasteiger partial charge on any atom is -0.496 e. The standard InChI is InChI=1S/C20H31N5O.HI/c1-5-21-20(22-10-6-12-25-15-16(2)14-24-25)23-11-9-18-8-7-17(3)19(13-18)26-4;/h7-8,13-15H,5-6,9-12H2,1-4H3,(H2,21,22,23);1H. The lowest BCUT2D eigenvalue weighted by atomic mass is 10.1. The lowest BCUT2D eigenvalue weighted by Crippen LogP contribution is -2.38. The molecule has 0 saturated carbocycles. The zero-order chi connectivity index (χ0) is 18.8. The van der Waals surface area contributed by atoms with Crippen molar-refractivity contribution in [3.05, 3.63) is 47.3 Å². The number of hydrogen-bond donors (Lipinski definition) is 2. The molecule has 1 aromatic heterocycles. The molecule has 0 amide bonds. The van der Waals surface area contributed by atoms with Crippen molar-refractivity contribution in [2.45, 2.75) is 40.2 Å². The molecule has 2 rings (SSSR count). The van der Waals surface area contributed by atoms with Crippen molar-refractivity contribution in [3.8, 4) is 5.75 Å². The number of rotatable bonds is 9. The van der Waals surface area contributed by atoms with E-state index in [1.54, 1.807) is 7.11 Å². The molecule has 0 fully saturated rings. The molecule has 27 heavy (non-hydrogen) atoms. The van der Waals surface area contributed by atoms with Crippen LogP contribution in [0.2, 0.25) is 0 Å². The first-order chi connectivity index (χ1) is 12.6. The number of aryl methyl sites for hydroxylation is 3. The molecule has 1 aromatic carbocycles. The third-order valence-corrected chi connectivity index (χ3v) is 4.10. The van der Waals surface area contributed by atoms with Gasteiger partial charge in [0.1, 0.15) is 5.75 Å². The Morgan fingerprint density at radius 3 is 2.74 bits per heavy atom. The van der Waals surface area contributed by atoms with Gasteiger partial charge >= 0.3 is 0 Å². The van der Waals surface area contributed by atoms with E-state index in [9.17, 15) is 0 Å². The maximum atomic E-state index is 5.39. The molecular formula is C20H32IN5O. The molecule has 2 N–H and O–H groups in total. The van der Waals surface area contributed by atoms with Crippen molar-refractivity contribution < 1.29 is 4.74 Å². The number of methoxy groups -OCH3 is 1. The Balaban J connectivity index is 0.00000364. The average Bonchev–Trinajstić information content (AvgIpc) is 3.05. The minimum atomic E-state index is 0. The molecule has 0 unspecified atom stereocenters. The van der Waals surface area contributed by atoms with E-state index in [4.69, 9.17) is 4.74 Å². The highest BCUT2D eigenvalue weighted by Crippen LogP contribution is 2.18. The highest BCUT2D eigenvalue weighted by molar-refractivity contribution is 14.0. The quantitative estimate of drug-likeness (QED) is 0.248. The van der Waals surface area contributed by atoms with E-state index in [1.807, 2.05) is 10.9 Å². The Bertz CT molecular complexity index is 714. The van der Waals surface area contributed by atoms with Gasteiger partial charge < -0.3 is 15.4 Å². The molecule has 0 aliphatic carbocycles. The van der Waals surface area contributed by atoms with Crippen LogP contribution in [-0.4, -0.2) is 42.5 Å². The van der Waals surface area contributed by atoms with Crippen molar-refractivity contribution >= 4 is 29.9 Å². The highest BCUT2D eigenvalue weighted by Gasteiger charge is 2.02. The van der Waals surface area contributed by atoms with E-state index < -0.39 is 0 Å². The Morgan fingerprint density at radius 2 is 2.07 bits per heavy atom. The van der Waals surface area contributed by atoms with E-state index in [1.165, 1.54) is 11.1 Å². The largest absolute Gasteiger partial charge is 0.496 e. The number of hydrogen-bond acceptors (Lipinski definition) is 3. The summed E-state index contributed by atoms with van der Waals surface area (Å²) in [6.45, 7) is 9.53. The molecule has 7 heteroatoms. The van der Waals surface area contributed by atoms with Gasteiger partial charge in [-0.15, -0.1) is 24.0 Å². The van der Waals surface area contributed by atoms with Gasteiger partial charge in [-0.25, -0.2) is 0 Å². The van der Waals surface area contributed by atoms with Crippen LogP contribution in [-0.2, 0) is 13.0 Å². The zero-order valence-electron chi connectivity index (χ0n) is 16.8. The van der Waals surface area contributed by atoms with Gasteiger partial charge in [-0.2, -0.15) is 5.10 Å². The van der Waals surface area contributed by atoms with Gasteiger partial charge in [-0.05, 0) is 56.4 Å². The Hall–Kier alpha value is -1.77. The first-order valence-corrected chi connectivity index (χ1v) is 9.27. The van der Waals surface area contributed by atoms with Crippen LogP contribution in [0, 0.1) is 13.8 Å². The number of ether oxygens (including phenoxy) is 1. The van der Waals surface area contributed by atoms with Crippen LogP contribution in [0.3, 0.4) is 0 Å². The second kappa shape index (κ2) is 12.6. The van der Waals surface area contributed by atoms with Crippen LogP contribution < -0.4 is 15.4 Å². The fraction of sp³-hybridized carbons (Fsp3) is 0.500. The first-order valence-electron chi connectivity index (χ1n) is 9.27. The first kappa shape index (κ1) is 23.3. The van der Waals surface area contributed by atoms with Gasteiger partial charge in [0.05, 0.1) is 13.3 Å². The molecule has 150 valence electrons. The van der Waals surface area contributed by atoms with E-state index >= 15 is 0 Å². The molecule has 2 aromatic rings. The van der Waals surface area contributed by atoms with Crippen LogP contribution in [0.1, 0.15) is 30.0 Å². The topological polar surface area (TPSA) is 63.5 Å². The maximum Gasteiger partial charge on any atom is 0.191 e. The maximum absolute atomic E-state index is 5.39. The van der Waals surface area contributed by atoms with E-state index in [0.29, 0.717) is 0 Å². The van der Waals surface area contributed by atoms with Crippen molar-refractivity contribution in [2.75, 3.05) is 26.7 Å². The molecule has 6 nitrogen and oxygen atoms in total. The lowest BCUT2D eigenvalue weighted by molar-refractivity contribution is 0.411. The fourth-order valence-corrected chi connectivity index (χ4v) is 2.70. The smallest absolute Gasteiger partial charge is 0.191 e. The van der Waals surface area contributed by atoms with Gasteiger partial charge in [0, 0.05) is 32.4 Å². The summed E-state index contributed by atoms with van der Waals surface area (Å²) in [6.07, 6.45) is 5.83. The predicted molar refractivity (Wildman–Crippen MR) is 122 cm³/mol. The summed E-state index contributed by atoms with van der Waals surface area (Å²) in [5, 5.41) is 11.0. The summed E-state index contributed by atoms with van der Waals surface area (Å²) in [7, 11) is 1.71. The van der Waals surface area contributed by atoms with Gasteiger partial charge in [0.15, 0.2) is 5.96 Å². The fourth-order valence-electron chi connectivity index (χ4n) is 2.70. The second-order valence-electron chi connectivity index (χ2n) is 6.38. The molecular weight excluding hydrogens is 453 g/mol. The molecule has 0 aliphatic heterocycles. The molecule has 1 heterocycles. The predicted octanol–water partition coefficient (Wildman–Crippen LogP) is 3.31. The number of guanidine groups is 1. The van der Waals surface area contributed by atoms with Crippen LogP contribution in [0.4, 0.5) is 0 Å². The summed E-state index contributed by atoms with van der Waals surface area (Å²) >= 11 is 0. The monoisotopic (exact) mass is 485 g/mol. The van der Waals surface area contributed by atoms with Crippen LogP contribution in [0.15, 0.2) is 35.6 Å². The number of nitrogens with one attached hydrogen (secondary N) is 2. The minimum absolute atomic E-state index is 0. The number of aliphatic imine (C=N–C) groups is 1. The lowest BCUT2D eigenvalue weighted by Gasteiger charge is -2.12. The Morgan fingerprint density at radius 1 is 1.26 bits per heavy atom. The summed E-state index contributed by atoms with van der Waals surface area (Å²) in [5.74, 6) is 1.81. The Kier molecular flexibility index (Phi) is 10.8. The molecule has 0 bridgehead atoms. The summed E-state index contributed by atoms with van der Waals surface area (Å²) < 4.78 is 7.36. The number of nitrogens with zero attached hydrogens (tertiary/aromatic N) is 3. The third-order valence-electron chi connectivity index (χ3n) is 4.10. The van der Waals surface area contributed by atoms with E-state index in [-0.39, 0.29) is 24.0 Å².